The lowest BCUT2D eigenvalue weighted by atomic mass is 10.1. The summed E-state index contributed by atoms with van der Waals surface area (Å²) in [5.74, 6) is 2.11. The van der Waals surface area contributed by atoms with E-state index in [0.29, 0.717) is 5.95 Å². The molecule has 16 N–H and O–H groups in total. The number of aromatic nitrogens is 3. The van der Waals surface area contributed by atoms with Crippen LogP contribution in [0.5, 0.6) is 0 Å². The van der Waals surface area contributed by atoms with Gasteiger partial charge in [-0.3, -0.25) is 5.43 Å². The fraction of sp³-hybridized carbons (Fsp3) is 0.476. The second-order valence-corrected chi connectivity index (χ2v) is 8.28. The summed E-state index contributed by atoms with van der Waals surface area (Å²) in [7, 11) is 0. The zero-order valence-corrected chi connectivity index (χ0v) is 22.5. The number of nitrogens with zero attached hydrogens (tertiary/aromatic N) is 6. The molecule has 1 aromatic heterocycles. The highest BCUT2D eigenvalue weighted by molar-refractivity contribution is 7.80. The summed E-state index contributed by atoms with van der Waals surface area (Å²) in [6.07, 6.45) is 8.93. The largest absolute Gasteiger partial charge is 0.375 e. The van der Waals surface area contributed by atoms with Gasteiger partial charge in [0, 0.05) is 37.6 Å². The molecule has 212 valence electrons. The third-order valence-corrected chi connectivity index (χ3v) is 5.54. The number of thiocarbonyl (C=S) groups is 1. The topological polar surface area (TPSA) is 248 Å². The third-order valence-electron chi connectivity index (χ3n) is 5.44. The number of nitrogens with two attached hydrogens (primary N) is 1. The van der Waals surface area contributed by atoms with Crippen LogP contribution in [0.2, 0.25) is 0 Å². The second kappa shape index (κ2) is 17.5. The van der Waals surface area contributed by atoms with Gasteiger partial charge < -0.3 is 45.5 Å². The molecule has 0 unspecified atom stereocenters. The maximum absolute atomic E-state index is 5.37. The van der Waals surface area contributed by atoms with Crippen LogP contribution in [0.4, 0.5) is 23.5 Å². The molecular formula is C21H50ClN13S. The van der Waals surface area contributed by atoms with Crippen molar-refractivity contribution in [3.8, 4) is 0 Å². The van der Waals surface area contributed by atoms with Crippen LogP contribution in [-0.2, 0) is 0 Å². The lowest BCUT2D eigenvalue weighted by Crippen LogP contribution is -2.34. The van der Waals surface area contributed by atoms with E-state index in [1.165, 1.54) is 38.5 Å². The van der Waals surface area contributed by atoms with Crippen LogP contribution in [-0.4, -0.2) is 52.5 Å². The molecule has 2 fully saturated rings. The molecule has 0 atom stereocenters. The summed E-state index contributed by atoms with van der Waals surface area (Å²) >= 11 is 4.74. The first-order valence-corrected chi connectivity index (χ1v) is 11.3. The Hall–Kier alpha value is -2.88. The van der Waals surface area contributed by atoms with Gasteiger partial charge in [-0.1, -0.05) is 12.1 Å². The van der Waals surface area contributed by atoms with E-state index in [2.05, 4.69) is 25.6 Å². The molecule has 13 nitrogen and oxygen atoms in total. The Labute approximate surface area is 230 Å². The van der Waals surface area contributed by atoms with E-state index in [9.17, 15) is 0 Å². The standard InChI is InChI=1S/C21H29N9S.ClH.4H3N.4H2/c22-18(31)28-23-15-16-7-9-17(10-8-16)24-19-25-20(29-11-3-1-4-12-29)27-21(26-19)30-13-5-2-6-14-30;;;;;;;;;/h7-10,15H,1-6,11-14H2,(H3,22,28,31)(H,24,25,26,27);1H;4*1H3;4*1H/b23-15+;;;;;;;;;. The summed E-state index contributed by atoms with van der Waals surface area (Å²) in [4.78, 5) is 18.9. The van der Waals surface area contributed by atoms with Crippen LogP contribution in [0.3, 0.4) is 0 Å². The number of halogens is 1. The highest BCUT2D eigenvalue weighted by atomic mass is 35.5. The zero-order valence-electron chi connectivity index (χ0n) is 20.9. The lowest BCUT2D eigenvalue weighted by Gasteiger charge is -2.30. The molecule has 36 heavy (non-hydrogen) atoms. The predicted molar refractivity (Wildman–Crippen MR) is 165 cm³/mol. The van der Waals surface area contributed by atoms with Crippen LogP contribution >= 0.6 is 24.6 Å². The average molecular weight is 552 g/mol. The number of piperidine rings is 2. The van der Waals surface area contributed by atoms with Crippen molar-refractivity contribution in [2.24, 2.45) is 10.8 Å². The number of anilines is 4. The Morgan fingerprint density at radius 1 is 0.833 bits per heavy atom. The van der Waals surface area contributed by atoms with Crippen LogP contribution in [0.15, 0.2) is 29.4 Å². The molecule has 1 aromatic carbocycles. The normalized spacial score (nSPS) is 14.7. The number of hydrogen-bond donors (Lipinski definition) is 7. The molecule has 4 rings (SSSR count). The van der Waals surface area contributed by atoms with Crippen molar-refractivity contribution < 1.29 is 5.71 Å². The minimum absolute atomic E-state index is 0. The molecule has 3 heterocycles. The molecule has 15 heteroatoms. The average Bonchev–Trinajstić information content (AvgIpc) is 2.81. The fourth-order valence-electron chi connectivity index (χ4n) is 3.83. The molecular weight excluding hydrogens is 502 g/mol. The molecule has 0 radical (unpaired) electrons. The number of nitrogens with one attached hydrogen (secondary N) is 2. The first kappa shape index (κ1) is 35.3. The monoisotopic (exact) mass is 551 g/mol. The minimum atomic E-state index is 0. The van der Waals surface area contributed by atoms with Gasteiger partial charge in [-0.2, -0.15) is 20.1 Å². The van der Waals surface area contributed by atoms with E-state index in [1.807, 2.05) is 24.3 Å². The van der Waals surface area contributed by atoms with Crippen molar-refractivity contribution in [3.05, 3.63) is 29.8 Å². The van der Waals surface area contributed by atoms with Crippen molar-refractivity contribution in [2.75, 3.05) is 41.3 Å². The van der Waals surface area contributed by atoms with E-state index in [0.717, 1.165) is 49.3 Å². The summed E-state index contributed by atoms with van der Waals surface area (Å²) in [5, 5.41) is 7.46. The van der Waals surface area contributed by atoms with Crippen LogP contribution < -0.4 is 50.9 Å². The Morgan fingerprint density at radius 3 is 1.75 bits per heavy atom. The summed E-state index contributed by atoms with van der Waals surface area (Å²) in [6, 6.07) is 7.83. The Kier molecular flexibility index (Phi) is 17.2. The lowest BCUT2D eigenvalue weighted by molar-refractivity contribution is 0.556. The van der Waals surface area contributed by atoms with Crippen LogP contribution in [0.25, 0.3) is 0 Å². The van der Waals surface area contributed by atoms with Gasteiger partial charge in [0.05, 0.1) is 6.21 Å². The van der Waals surface area contributed by atoms with E-state index >= 15 is 0 Å². The minimum Gasteiger partial charge on any atom is -0.375 e. The molecule has 0 saturated carbocycles. The SMILES string of the molecule is Cl.N.N.N.N.NC(=S)N/N=C/c1ccc(Nc2nc(N3CCCCC3)nc(N3CCCCC3)n2)cc1.[HH].[HH].[HH].[HH]. The van der Waals surface area contributed by atoms with Gasteiger partial charge in [-0.25, -0.2) is 0 Å². The second-order valence-electron chi connectivity index (χ2n) is 7.84. The van der Waals surface area contributed by atoms with Gasteiger partial charge in [0.25, 0.3) is 0 Å². The highest BCUT2D eigenvalue weighted by Gasteiger charge is 2.20. The predicted octanol–water partition coefficient (Wildman–Crippen LogP) is 4.82. The van der Waals surface area contributed by atoms with Gasteiger partial charge in [0.1, 0.15) is 0 Å². The maximum Gasteiger partial charge on any atom is 0.233 e. The van der Waals surface area contributed by atoms with Crippen molar-refractivity contribution in [1.82, 2.24) is 45.0 Å². The Bertz CT molecular complexity index is 899. The van der Waals surface area contributed by atoms with Crippen molar-refractivity contribution in [1.29, 1.82) is 0 Å². The molecule has 0 aliphatic carbocycles. The third kappa shape index (κ3) is 10.0. The van der Waals surface area contributed by atoms with E-state index in [-0.39, 0.29) is 47.8 Å². The molecule has 0 amide bonds. The van der Waals surface area contributed by atoms with Crippen molar-refractivity contribution >= 4 is 59.5 Å². The quantitative estimate of drug-likeness (QED) is 0.144. The molecule has 0 bridgehead atoms. The van der Waals surface area contributed by atoms with Gasteiger partial charge in [0.2, 0.25) is 17.8 Å². The van der Waals surface area contributed by atoms with Gasteiger partial charge in [-0.15, -0.1) is 12.4 Å². The Morgan fingerprint density at radius 2 is 1.31 bits per heavy atom. The smallest absolute Gasteiger partial charge is 0.233 e. The number of benzene rings is 1. The molecule has 2 aliphatic rings. The highest BCUT2D eigenvalue weighted by Crippen LogP contribution is 2.24. The van der Waals surface area contributed by atoms with E-state index in [1.54, 1.807) is 6.21 Å². The van der Waals surface area contributed by atoms with Gasteiger partial charge >= 0.3 is 0 Å². The first-order valence-electron chi connectivity index (χ1n) is 10.9. The van der Waals surface area contributed by atoms with Gasteiger partial charge in [-0.05, 0) is 68.4 Å². The number of hydrogen-bond acceptors (Lipinski definition) is 12. The zero-order chi connectivity index (χ0) is 21.5. The van der Waals surface area contributed by atoms with E-state index in [4.69, 9.17) is 32.9 Å². The molecule has 2 saturated heterocycles. The summed E-state index contributed by atoms with van der Waals surface area (Å²) in [6.45, 7) is 3.99. The number of rotatable bonds is 6. The maximum atomic E-state index is 5.37. The van der Waals surface area contributed by atoms with E-state index < -0.39 is 0 Å². The van der Waals surface area contributed by atoms with Crippen molar-refractivity contribution in [2.45, 2.75) is 38.5 Å². The molecule has 0 spiro atoms. The van der Waals surface area contributed by atoms with Crippen LogP contribution in [0.1, 0.15) is 49.8 Å². The number of hydrazone groups is 1. The molecule has 2 aliphatic heterocycles. The summed E-state index contributed by atoms with van der Waals surface area (Å²) in [5.41, 5.74) is 9.75. The van der Waals surface area contributed by atoms with Gasteiger partial charge in [0.15, 0.2) is 5.11 Å². The van der Waals surface area contributed by atoms with Crippen molar-refractivity contribution in [3.63, 3.8) is 0 Å². The fourth-order valence-corrected chi connectivity index (χ4v) is 3.89. The summed E-state index contributed by atoms with van der Waals surface area (Å²) < 4.78 is 0. The Balaban J connectivity index is -0.000000321. The first-order chi connectivity index (χ1) is 15.2. The van der Waals surface area contributed by atoms with Crippen LogP contribution in [0, 0.1) is 0 Å². The molecule has 2 aromatic rings.